The minimum atomic E-state index is -0.314. The van der Waals surface area contributed by atoms with Crippen molar-refractivity contribution >= 4 is 32.8 Å². The first-order valence-electron chi connectivity index (χ1n) is 10.2. The molecule has 0 saturated carbocycles. The molecule has 3 aromatic heterocycles. The van der Waals surface area contributed by atoms with Gasteiger partial charge in [0.25, 0.3) is 0 Å². The summed E-state index contributed by atoms with van der Waals surface area (Å²) < 4.78 is 17.1. The van der Waals surface area contributed by atoms with E-state index in [9.17, 15) is 0 Å². The lowest BCUT2D eigenvalue weighted by Crippen LogP contribution is -1.95. The van der Waals surface area contributed by atoms with E-state index in [0.29, 0.717) is 17.5 Å². The predicted molar refractivity (Wildman–Crippen MR) is 123 cm³/mol. The number of nitrogens with zero attached hydrogens (tertiary/aromatic N) is 4. The number of aromatic amines is 1. The van der Waals surface area contributed by atoms with Gasteiger partial charge in [-0.3, -0.25) is 9.55 Å². The number of imidazole rings is 1. The van der Waals surface area contributed by atoms with Gasteiger partial charge >= 0.3 is 0 Å². The fourth-order valence-corrected chi connectivity index (χ4v) is 4.22. The molecule has 0 saturated heterocycles. The Morgan fingerprint density at radius 1 is 0.969 bits per heavy atom. The zero-order valence-corrected chi connectivity index (χ0v) is 16.9. The summed E-state index contributed by atoms with van der Waals surface area (Å²) in [6, 6.07) is 21.1. The average molecular weight is 417 g/mol. The van der Waals surface area contributed by atoms with Gasteiger partial charge in [0.05, 0.1) is 29.7 Å². The first kappa shape index (κ1) is 18.3. The van der Waals surface area contributed by atoms with Gasteiger partial charge < -0.3 is 4.98 Å². The molecule has 5 nitrogen and oxygen atoms in total. The molecule has 0 spiro atoms. The topological polar surface area (TPSA) is 70.3 Å². The van der Waals surface area contributed by atoms with Crippen LogP contribution in [0.15, 0.2) is 79.4 Å². The average Bonchev–Trinajstić information content (AvgIpc) is 3.46. The Hall–Kier alpha value is -4.50. The van der Waals surface area contributed by atoms with Crippen LogP contribution in [0.25, 0.3) is 49.7 Å². The van der Waals surface area contributed by atoms with Gasteiger partial charge in [-0.1, -0.05) is 18.2 Å². The highest BCUT2D eigenvalue weighted by atomic mass is 19.1. The number of fused-ring (bicyclic) bond motifs is 4. The van der Waals surface area contributed by atoms with Crippen LogP contribution in [0.5, 0.6) is 0 Å². The molecule has 0 atom stereocenters. The van der Waals surface area contributed by atoms with Gasteiger partial charge in [0.15, 0.2) is 0 Å². The van der Waals surface area contributed by atoms with Gasteiger partial charge in [0.2, 0.25) is 0 Å². The number of H-pyrrole nitrogens is 1. The highest BCUT2D eigenvalue weighted by Crippen LogP contribution is 2.33. The number of pyridine rings is 1. The van der Waals surface area contributed by atoms with Crippen molar-refractivity contribution in [1.29, 1.82) is 5.26 Å². The molecule has 0 aliphatic carbocycles. The summed E-state index contributed by atoms with van der Waals surface area (Å²) in [6.07, 6.45) is 5.66. The van der Waals surface area contributed by atoms with Crippen LogP contribution >= 0.6 is 0 Å². The first-order valence-corrected chi connectivity index (χ1v) is 10.2. The second-order valence-electron chi connectivity index (χ2n) is 7.74. The van der Waals surface area contributed by atoms with Crippen LogP contribution in [-0.2, 0) is 6.42 Å². The van der Waals surface area contributed by atoms with E-state index in [4.69, 9.17) is 5.26 Å². The Balaban J connectivity index is 1.58. The molecule has 0 aliphatic heterocycles. The molecule has 0 aliphatic rings. The van der Waals surface area contributed by atoms with Gasteiger partial charge in [-0.15, -0.1) is 0 Å². The summed E-state index contributed by atoms with van der Waals surface area (Å²) in [7, 11) is 0. The van der Waals surface area contributed by atoms with Crippen molar-refractivity contribution < 1.29 is 4.39 Å². The second kappa shape index (κ2) is 7.03. The molecule has 6 heteroatoms. The maximum atomic E-state index is 15.1. The number of aromatic nitrogens is 4. The van der Waals surface area contributed by atoms with Crippen molar-refractivity contribution in [2.45, 2.75) is 6.42 Å². The number of hydrogen-bond acceptors (Lipinski definition) is 3. The maximum absolute atomic E-state index is 15.1. The minimum Gasteiger partial charge on any atom is -0.361 e. The molecular weight excluding hydrogens is 401 g/mol. The van der Waals surface area contributed by atoms with Crippen LogP contribution < -0.4 is 0 Å². The highest BCUT2D eigenvalue weighted by molar-refractivity contribution is 6.04. The zero-order valence-electron chi connectivity index (χ0n) is 16.9. The third-order valence-corrected chi connectivity index (χ3v) is 5.82. The zero-order chi connectivity index (χ0) is 21.7. The lowest BCUT2D eigenvalue weighted by molar-refractivity contribution is 0.633. The summed E-state index contributed by atoms with van der Waals surface area (Å²) in [4.78, 5) is 12.1. The van der Waals surface area contributed by atoms with Crippen LogP contribution in [0, 0.1) is 17.1 Å². The van der Waals surface area contributed by atoms with E-state index in [1.165, 1.54) is 6.07 Å². The van der Waals surface area contributed by atoms with Crippen molar-refractivity contribution in [3.63, 3.8) is 0 Å². The normalized spacial score (nSPS) is 11.4. The SMILES string of the molecule is N#CCc1ccc(-n2cnc3cnc4cc(F)c(-c5ccc6[nH]ccc6c5)cc4c32)cc1. The molecule has 0 fully saturated rings. The quantitative estimate of drug-likeness (QED) is 0.388. The number of halogens is 1. The molecule has 3 heterocycles. The van der Waals surface area contributed by atoms with Gasteiger partial charge in [-0.05, 0) is 52.9 Å². The minimum absolute atomic E-state index is 0.314. The van der Waals surface area contributed by atoms with E-state index in [1.807, 2.05) is 65.4 Å². The van der Waals surface area contributed by atoms with E-state index >= 15 is 4.39 Å². The molecule has 0 amide bonds. The highest BCUT2D eigenvalue weighted by Gasteiger charge is 2.15. The Bertz CT molecular complexity index is 1670. The monoisotopic (exact) mass is 417 g/mol. The van der Waals surface area contributed by atoms with Crippen molar-refractivity contribution in [1.82, 2.24) is 19.5 Å². The molecule has 1 N–H and O–H groups in total. The van der Waals surface area contributed by atoms with Crippen molar-refractivity contribution in [2.75, 3.05) is 0 Å². The second-order valence-corrected chi connectivity index (χ2v) is 7.74. The van der Waals surface area contributed by atoms with Crippen LogP contribution in [0.4, 0.5) is 4.39 Å². The van der Waals surface area contributed by atoms with Gasteiger partial charge in [0.1, 0.15) is 17.7 Å². The standard InChI is InChI=1S/C26H16FN5/c27-22-13-24-21(12-20(22)17-3-6-23-18(11-17)8-10-29-23)26-25(14-30-24)31-15-32(26)19-4-1-16(2-5-19)7-9-28/h1-6,8,10-15,29H,7H2. The largest absolute Gasteiger partial charge is 0.361 e. The maximum Gasteiger partial charge on any atom is 0.133 e. The summed E-state index contributed by atoms with van der Waals surface area (Å²) in [5.74, 6) is -0.314. The Morgan fingerprint density at radius 2 is 1.84 bits per heavy atom. The Labute approximate surface area is 182 Å². The number of nitrogens with one attached hydrogen (secondary N) is 1. The first-order chi connectivity index (χ1) is 15.7. The summed E-state index contributed by atoms with van der Waals surface area (Å²) in [6.45, 7) is 0. The molecule has 3 aromatic carbocycles. The molecule has 32 heavy (non-hydrogen) atoms. The summed E-state index contributed by atoms with van der Waals surface area (Å²) >= 11 is 0. The lowest BCUT2D eigenvalue weighted by Gasteiger charge is -2.10. The van der Waals surface area contributed by atoms with Gasteiger partial charge in [-0.25, -0.2) is 9.37 Å². The Kier molecular flexibility index (Phi) is 4.02. The van der Waals surface area contributed by atoms with E-state index in [2.05, 4.69) is 21.0 Å². The number of hydrogen-bond donors (Lipinski definition) is 1. The molecular formula is C26H16FN5. The summed E-state index contributed by atoms with van der Waals surface area (Å²) in [5.41, 5.74) is 6.39. The number of rotatable bonds is 3. The van der Waals surface area contributed by atoms with E-state index in [-0.39, 0.29) is 5.82 Å². The Morgan fingerprint density at radius 3 is 2.69 bits per heavy atom. The third-order valence-electron chi connectivity index (χ3n) is 5.82. The van der Waals surface area contributed by atoms with E-state index < -0.39 is 0 Å². The predicted octanol–water partition coefficient (Wildman–Crippen LogP) is 5.93. The molecule has 0 unspecified atom stereocenters. The molecule has 152 valence electrons. The van der Waals surface area contributed by atoms with Crippen LogP contribution in [-0.4, -0.2) is 19.5 Å². The van der Waals surface area contributed by atoms with Crippen LogP contribution in [0.2, 0.25) is 0 Å². The molecule has 6 aromatic rings. The smallest absolute Gasteiger partial charge is 0.133 e. The summed E-state index contributed by atoms with van der Waals surface area (Å²) in [5, 5.41) is 10.8. The molecule has 0 bridgehead atoms. The van der Waals surface area contributed by atoms with Crippen LogP contribution in [0.1, 0.15) is 5.56 Å². The van der Waals surface area contributed by atoms with Gasteiger partial charge in [0, 0.05) is 34.4 Å². The van der Waals surface area contributed by atoms with E-state index in [0.717, 1.165) is 44.1 Å². The van der Waals surface area contributed by atoms with Crippen LogP contribution in [0.3, 0.4) is 0 Å². The van der Waals surface area contributed by atoms with Gasteiger partial charge in [-0.2, -0.15) is 5.26 Å². The third kappa shape index (κ3) is 2.83. The number of nitriles is 1. The van der Waals surface area contributed by atoms with Crippen molar-refractivity contribution in [3.8, 4) is 22.9 Å². The fourth-order valence-electron chi connectivity index (χ4n) is 4.22. The lowest BCUT2D eigenvalue weighted by atomic mass is 10.0. The van der Waals surface area contributed by atoms with Crippen molar-refractivity contribution in [3.05, 3.63) is 90.8 Å². The fraction of sp³-hybridized carbons (Fsp3) is 0.0385. The van der Waals surface area contributed by atoms with Crippen molar-refractivity contribution in [2.24, 2.45) is 0 Å². The van der Waals surface area contributed by atoms with E-state index in [1.54, 1.807) is 12.5 Å². The molecule has 6 rings (SSSR count). The number of benzene rings is 3. The molecule has 0 radical (unpaired) electrons.